The zero-order valence-corrected chi connectivity index (χ0v) is 12.0. The predicted octanol–water partition coefficient (Wildman–Crippen LogP) is 3.55. The van der Waals surface area contributed by atoms with Crippen LogP contribution < -0.4 is 5.73 Å². The molecular formula is C15H32N2. The Bertz CT molecular complexity index is 185. The molecule has 0 aromatic heterocycles. The predicted molar refractivity (Wildman–Crippen MR) is 76.3 cm³/mol. The highest BCUT2D eigenvalue weighted by atomic mass is 15.2. The molecule has 0 spiro atoms. The molecular weight excluding hydrogens is 208 g/mol. The summed E-state index contributed by atoms with van der Waals surface area (Å²) in [5.41, 5.74) is 6.42. The SMILES string of the molecule is CCCCCCCN(CC)C1(CN)CCCC1. The van der Waals surface area contributed by atoms with Gasteiger partial charge in [0, 0.05) is 12.1 Å². The maximum atomic E-state index is 6.06. The summed E-state index contributed by atoms with van der Waals surface area (Å²) in [6, 6.07) is 0. The molecule has 0 amide bonds. The Morgan fingerprint density at radius 3 is 2.18 bits per heavy atom. The summed E-state index contributed by atoms with van der Waals surface area (Å²) >= 11 is 0. The topological polar surface area (TPSA) is 29.3 Å². The van der Waals surface area contributed by atoms with E-state index >= 15 is 0 Å². The fourth-order valence-electron chi connectivity index (χ4n) is 3.32. The highest BCUT2D eigenvalue weighted by molar-refractivity contribution is 4.95. The number of unbranched alkanes of at least 4 members (excludes halogenated alkanes) is 4. The molecule has 0 saturated heterocycles. The molecule has 102 valence electrons. The van der Waals surface area contributed by atoms with Gasteiger partial charge in [0.1, 0.15) is 0 Å². The third kappa shape index (κ3) is 4.26. The van der Waals surface area contributed by atoms with Crippen LogP contribution in [0.15, 0.2) is 0 Å². The minimum Gasteiger partial charge on any atom is -0.329 e. The number of likely N-dealkylation sites (N-methyl/N-ethyl adjacent to an activating group) is 1. The molecule has 0 heterocycles. The van der Waals surface area contributed by atoms with Gasteiger partial charge in [-0.2, -0.15) is 0 Å². The monoisotopic (exact) mass is 240 g/mol. The van der Waals surface area contributed by atoms with E-state index in [1.165, 1.54) is 70.9 Å². The average molecular weight is 240 g/mol. The van der Waals surface area contributed by atoms with Crippen molar-refractivity contribution in [2.45, 2.75) is 77.2 Å². The van der Waals surface area contributed by atoms with Crippen LogP contribution in [-0.2, 0) is 0 Å². The molecule has 0 aliphatic heterocycles. The second kappa shape index (κ2) is 8.10. The van der Waals surface area contributed by atoms with E-state index in [2.05, 4.69) is 18.7 Å². The Kier molecular flexibility index (Phi) is 7.14. The lowest BCUT2D eigenvalue weighted by molar-refractivity contribution is 0.103. The van der Waals surface area contributed by atoms with Crippen LogP contribution in [0.3, 0.4) is 0 Å². The summed E-state index contributed by atoms with van der Waals surface area (Å²) in [4.78, 5) is 2.67. The fraction of sp³-hybridized carbons (Fsp3) is 1.00. The summed E-state index contributed by atoms with van der Waals surface area (Å²) in [6.07, 6.45) is 12.3. The fourth-order valence-corrected chi connectivity index (χ4v) is 3.32. The summed E-state index contributed by atoms with van der Waals surface area (Å²) in [5.74, 6) is 0. The Hall–Kier alpha value is -0.0800. The first-order valence-electron chi connectivity index (χ1n) is 7.74. The van der Waals surface area contributed by atoms with Gasteiger partial charge in [0.25, 0.3) is 0 Å². The van der Waals surface area contributed by atoms with Gasteiger partial charge in [0.2, 0.25) is 0 Å². The molecule has 2 nitrogen and oxygen atoms in total. The van der Waals surface area contributed by atoms with Crippen LogP contribution in [0.1, 0.15) is 71.6 Å². The van der Waals surface area contributed by atoms with Crippen molar-refractivity contribution in [2.75, 3.05) is 19.6 Å². The van der Waals surface area contributed by atoms with Crippen LogP contribution in [0.5, 0.6) is 0 Å². The van der Waals surface area contributed by atoms with Gasteiger partial charge in [0.05, 0.1) is 0 Å². The minimum atomic E-state index is 0.361. The largest absolute Gasteiger partial charge is 0.329 e. The molecule has 1 fully saturated rings. The Morgan fingerprint density at radius 2 is 1.65 bits per heavy atom. The molecule has 2 N–H and O–H groups in total. The smallest absolute Gasteiger partial charge is 0.0331 e. The highest BCUT2D eigenvalue weighted by Crippen LogP contribution is 2.34. The van der Waals surface area contributed by atoms with Crippen LogP contribution in [0.4, 0.5) is 0 Å². The molecule has 0 atom stereocenters. The maximum Gasteiger partial charge on any atom is 0.0331 e. The van der Waals surface area contributed by atoms with Gasteiger partial charge in [-0.15, -0.1) is 0 Å². The van der Waals surface area contributed by atoms with E-state index in [-0.39, 0.29) is 0 Å². The van der Waals surface area contributed by atoms with Crippen LogP contribution in [0, 0.1) is 0 Å². The first kappa shape index (κ1) is 15.0. The summed E-state index contributed by atoms with van der Waals surface area (Å²) < 4.78 is 0. The summed E-state index contributed by atoms with van der Waals surface area (Å²) in [6.45, 7) is 7.86. The molecule has 0 bridgehead atoms. The highest BCUT2D eigenvalue weighted by Gasteiger charge is 2.36. The Labute approximate surface area is 108 Å². The van der Waals surface area contributed by atoms with Crippen molar-refractivity contribution in [3.8, 4) is 0 Å². The lowest BCUT2D eigenvalue weighted by Crippen LogP contribution is -2.52. The second-order valence-electron chi connectivity index (χ2n) is 5.63. The second-order valence-corrected chi connectivity index (χ2v) is 5.63. The number of nitrogens with two attached hydrogens (primary N) is 1. The average Bonchev–Trinajstić information content (AvgIpc) is 2.83. The van der Waals surface area contributed by atoms with Crippen LogP contribution in [0.25, 0.3) is 0 Å². The number of hydrogen-bond donors (Lipinski definition) is 1. The lowest BCUT2D eigenvalue weighted by atomic mass is 9.94. The van der Waals surface area contributed by atoms with Gasteiger partial charge >= 0.3 is 0 Å². The molecule has 0 unspecified atom stereocenters. The van der Waals surface area contributed by atoms with E-state index in [0.29, 0.717) is 5.54 Å². The van der Waals surface area contributed by atoms with E-state index in [1.54, 1.807) is 0 Å². The molecule has 2 heteroatoms. The van der Waals surface area contributed by atoms with E-state index in [0.717, 1.165) is 6.54 Å². The van der Waals surface area contributed by atoms with Crippen molar-refractivity contribution in [1.82, 2.24) is 4.90 Å². The molecule has 0 radical (unpaired) electrons. The quantitative estimate of drug-likeness (QED) is 0.625. The lowest BCUT2D eigenvalue weighted by Gasteiger charge is -2.40. The van der Waals surface area contributed by atoms with Crippen molar-refractivity contribution in [3.63, 3.8) is 0 Å². The molecule has 17 heavy (non-hydrogen) atoms. The van der Waals surface area contributed by atoms with Crippen molar-refractivity contribution < 1.29 is 0 Å². The van der Waals surface area contributed by atoms with Crippen molar-refractivity contribution in [1.29, 1.82) is 0 Å². The van der Waals surface area contributed by atoms with Gasteiger partial charge in [0.15, 0.2) is 0 Å². The molecule has 1 rings (SSSR count). The van der Waals surface area contributed by atoms with Crippen LogP contribution in [-0.4, -0.2) is 30.1 Å². The third-order valence-electron chi connectivity index (χ3n) is 4.50. The minimum absolute atomic E-state index is 0.361. The van der Waals surface area contributed by atoms with Gasteiger partial charge in [-0.1, -0.05) is 52.4 Å². The van der Waals surface area contributed by atoms with Crippen LogP contribution >= 0.6 is 0 Å². The molecule has 1 aliphatic rings. The van der Waals surface area contributed by atoms with E-state index in [4.69, 9.17) is 5.73 Å². The Balaban J connectivity index is 2.31. The first-order valence-corrected chi connectivity index (χ1v) is 7.74. The van der Waals surface area contributed by atoms with Gasteiger partial charge in [-0.3, -0.25) is 4.90 Å². The number of hydrogen-bond acceptors (Lipinski definition) is 2. The molecule has 0 aromatic carbocycles. The standard InChI is InChI=1S/C15H32N2/c1-3-5-6-7-10-13-17(4-2)15(14-16)11-8-9-12-15/h3-14,16H2,1-2H3. The van der Waals surface area contributed by atoms with Gasteiger partial charge < -0.3 is 5.73 Å². The van der Waals surface area contributed by atoms with Crippen molar-refractivity contribution >= 4 is 0 Å². The number of nitrogens with zero attached hydrogens (tertiary/aromatic N) is 1. The van der Waals surface area contributed by atoms with Gasteiger partial charge in [-0.25, -0.2) is 0 Å². The number of rotatable bonds is 9. The first-order chi connectivity index (χ1) is 8.29. The van der Waals surface area contributed by atoms with Crippen molar-refractivity contribution in [2.24, 2.45) is 5.73 Å². The third-order valence-corrected chi connectivity index (χ3v) is 4.50. The molecule has 1 saturated carbocycles. The zero-order valence-electron chi connectivity index (χ0n) is 12.0. The summed E-state index contributed by atoms with van der Waals surface area (Å²) in [7, 11) is 0. The normalized spacial score (nSPS) is 19.1. The van der Waals surface area contributed by atoms with Crippen LogP contribution in [0.2, 0.25) is 0 Å². The summed E-state index contributed by atoms with van der Waals surface area (Å²) in [5, 5.41) is 0. The zero-order chi connectivity index (χ0) is 12.6. The van der Waals surface area contributed by atoms with E-state index < -0.39 is 0 Å². The van der Waals surface area contributed by atoms with E-state index in [1.807, 2.05) is 0 Å². The maximum absolute atomic E-state index is 6.06. The molecule has 1 aliphatic carbocycles. The van der Waals surface area contributed by atoms with Gasteiger partial charge in [-0.05, 0) is 32.4 Å². The van der Waals surface area contributed by atoms with E-state index in [9.17, 15) is 0 Å². The Morgan fingerprint density at radius 1 is 1.00 bits per heavy atom. The molecule has 0 aromatic rings. The van der Waals surface area contributed by atoms with Crippen molar-refractivity contribution in [3.05, 3.63) is 0 Å².